The fourth-order valence-electron chi connectivity index (χ4n) is 4.06. The summed E-state index contributed by atoms with van der Waals surface area (Å²) in [5.41, 5.74) is 1.48. The van der Waals surface area contributed by atoms with Crippen LogP contribution < -0.4 is 5.32 Å². The molecule has 7 nitrogen and oxygen atoms in total. The minimum atomic E-state index is -0.861. The van der Waals surface area contributed by atoms with Gasteiger partial charge in [-0.3, -0.25) is 14.8 Å². The number of halogens is 1. The first-order valence-corrected chi connectivity index (χ1v) is 12.9. The normalized spacial score (nSPS) is 14.7. The van der Waals surface area contributed by atoms with Gasteiger partial charge in [0, 0.05) is 16.6 Å². The van der Waals surface area contributed by atoms with E-state index in [-0.39, 0.29) is 4.88 Å². The number of nitrogens with zero attached hydrogens (tertiary/aromatic N) is 2. The van der Waals surface area contributed by atoms with Crippen molar-refractivity contribution in [3.8, 4) is 11.8 Å². The summed E-state index contributed by atoms with van der Waals surface area (Å²) >= 11 is 2.36. The van der Waals surface area contributed by atoms with Crippen LogP contribution in [0.4, 0.5) is 15.0 Å². The van der Waals surface area contributed by atoms with E-state index in [1.165, 1.54) is 33.6 Å². The summed E-state index contributed by atoms with van der Waals surface area (Å²) in [5.74, 6) is 4.76. The van der Waals surface area contributed by atoms with Gasteiger partial charge in [0.1, 0.15) is 22.2 Å². The molecule has 0 bridgehead atoms. The van der Waals surface area contributed by atoms with E-state index in [1.54, 1.807) is 20.0 Å². The van der Waals surface area contributed by atoms with Crippen molar-refractivity contribution in [2.24, 2.45) is 7.05 Å². The number of hydrogen-bond acceptors (Lipinski definition) is 6. The Labute approximate surface area is 214 Å². The van der Waals surface area contributed by atoms with Crippen LogP contribution in [0.15, 0.2) is 36.5 Å². The maximum Gasteiger partial charge on any atom is 0.413 e. The third-order valence-corrected chi connectivity index (χ3v) is 8.81. The number of aryl methyl sites for hydroxylation is 2. The molecule has 4 aromatic rings. The maximum absolute atomic E-state index is 15.1. The zero-order valence-corrected chi connectivity index (χ0v) is 21.3. The van der Waals surface area contributed by atoms with Gasteiger partial charge in [-0.2, -0.15) is 5.10 Å². The van der Waals surface area contributed by atoms with Gasteiger partial charge < -0.3 is 9.84 Å². The monoisotopic (exact) mass is 523 g/mol. The number of amides is 1. The van der Waals surface area contributed by atoms with Crippen molar-refractivity contribution in [1.82, 2.24) is 9.78 Å². The topological polar surface area (TPSA) is 93.4 Å². The Hall–Kier alpha value is -3.68. The van der Waals surface area contributed by atoms with Crippen LogP contribution in [0.3, 0.4) is 0 Å². The quantitative estimate of drug-likeness (QED) is 0.315. The molecule has 10 heteroatoms. The van der Waals surface area contributed by atoms with Crippen LogP contribution in [0.2, 0.25) is 0 Å². The van der Waals surface area contributed by atoms with Crippen LogP contribution in [0.5, 0.6) is 0 Å². The number of carboxylic acids is 1. The number of carbonyl (C=O) groups is 2. The van der Waals surface area contributed by atoms with Crippen LogP contribution in [0.1, 0.15) is 52.3 Å². The molecule has 0 radical (unpaired) electrons. The van der Waals surface area contributed by atoms with Gasteiger partial charge in [0.05, 0.1) is 16.5 Å². The molecule has 1 amide bonds. The van der Waals surface area contributed by atoms with Gasteiger partial charge in [0.15, 0.2) is 5.82 Å². The van der Waals surface area contributed by atoms with Crippen LogP contribution in [0, 0.1) is 24.6 Å². The first kappa shape index (κ1) is 24.0. The van der Waals surface area contributed by atoms with Gasteiger partial charge in [0.25, 0.3) is 0 Å². The van der Waals surface area contributed by atoms with E-state index in [9.17, 15) is 14.7 Å². The predicted octanol–water partition coefficient (Wildman–Crippen LogP) is 5.97. The van der Waals surface area contributed by atoms with Crippen LogP contribution >= 0.6 is 22.7 Å². The minimum Gasteiger partial charge on any atom is -0.481 e. The highest BCUT2D eigenvalue weighted by molar-refractivity contribution is 7.28. The van der Waals surface area contributed by atoms with Gasteiger partial charge in [-0.1, -0.05) is 30.2 Å². The van der Waals surface area contributed by atoms with Crippen molar-refractivity contribution in [1.29, 1.82) is 0 Å². The highest BCUT2D eigenvalue weighted by Gasteiger charge is 2.53. The number of carbonyl (C=O) groups excluding carboxylic acids is 1. The number of aliphatic carboxylic acids is 1. The second kappa shape index (κ2) is 9.08. The van der Waals surface area contributed by atoms with Crippen molar-refractivity contribution < 1.29 is 23.8 Å². The van der Waals surface area contributed by atoms with Crippen molar-refractivity contribution >= 4 is 50.0 Å². The molecule has 1 aliphatic rings. The number of carboxylic acid groups (broad SMARTS) is 1. The third-order valence-electron chi connectivity index (χ3n) is 6.32. The van der Waals surface area contributed by atoms with Crippen molar-refractivity contribution in [2.45, 2.75) is 38.2 Å². The molecule has 0 spiro atoms. The number of hydrogen-bond donors (Lipinski definition) is 2. The van der Waals surface area contributed by atoms with Crippen molar-refractivity contribution in [3.63, 3.8) is 0 Å². The van der Waals surface area contributed by atoms with Crippen molar-refractivity contribution in [3.05, 3.63) is 68.8 Å². The number of nitrogens with one attached hydrogen (secondary N) is 1. The molecule has 1 fully saturated rings. The Kier molecular flexibility index (Phi) is 6.06. The summed E-state index contributed by atoms with van der Waals surface area (Å²) in [6.45, 7) is 3.75. The lowest BCUT2D eigenvalue weighted by Crippen LogP contribution is -2.18. The van der Waals surface area contributed by atoms with E-state index in [1.807, 2.05) is 31.2 Å². The summed E-state index contributed by atoms with van der Waals surface area (Å²) in [6.07, 6.45) is 1.53. The van der Waals surface area contributed by atoms with Gasteiger partial charge in [0.2, 0.25) is 0 Å². The van der Waals surface area contributed by atoms with Gasteiger partial charge in [-0.05, 0) is 49.8 Å². The van der Waals surface area contributed by atoms with Gasteiger partial charge >= 0.3 is 12.1 Å². The number of aromatic nitrogens is 2. The first-order valence-electron chi connectivity index (χ1n) is 11.2. The largest absolute Gasteiger partial charge is 0.481 e. The van der Waals surface area contributed by atoms with E-state index < -0.39 is 29.4 Å². The molecule has 1 atom stereocenters. The molecule has 3 heterocycles. The average Bonchev–Trinajstić information content (AvgIpc) is 3.33. The molecular formula is C26H22FN3O4S2. The second-order valence-electron chi connectivity index (χ2n) is 8.75. The lowest BCUT2D eigenvalue weighted by atomic mass is 10.1. The maximum atomic E-state index is 15.1. The molecule has 1 aromatic carbocycles. The molecule has 1 saturated carbocycles. The molecular weight excluding hydrogens is 501 g/mol. The Morgan fingerprint density at radius 1 is 1.28 bits per heavy atom. The molecule has 1 unspecified atom stereocenters. The zero-order chi connectivity index (χ0) is 25.6. The number of thiophene rings is 2. The average molecular weight is 524 g/mol. The highest BCUT2D eigenvalue weighted by atomic mass is 32.1. The Bertz CT molecular complexity index is 1570. The number of fused-ring (bicyclic) bond motifs is 1. The minimum absolute atomic E-state index is 0.244. The summed E-state index contributed by atoms with van der Waals surface area (Å²) in [7, 11) is 1.66. The lowest BCUT2D eigenvalue weighted by molar-refractivity contribution is -0.139. The van der Waals surface area contributed by atoms with E-state index in [2.05, 4.69) is 22.3 Å². The standard InChI is InChI=1S/C26H22FN3O4S2/c1-14-6-4-5-7-17(14)15(2)34-25(33)29-23-16(13-28-30(23)3)8-9-18-21(27)22-19(35-18)12-20(36-22)26(10-11-26)24(31)32/h4-7,12-13,15H,10-11H2,1-3H3,(H,29,33)(H,31,32). The molecule has 0 aliphatic heterocycles. The number of rotatable bonds is 5. The number of benzene rings is 1. The number of ether oxygens (including phenoxy) is 1. The van der Waals surface area contributed by atoms with Crippen LogP contribution in [0.25, 0.3) is 9.40 Å². The second-order valence-corrected chi connectivity index (χ2v) is 10.9. The molecule has 1 aliphatic carbocycles. The van der Waals surface area contributed by atoms with Gasteiger partial charge in [-0.15, -0.1) is 22.7 Å². The predicted molar refractivity (Wildman–Crippen MR) is 137 cm³/mol. The van der Waals surface area contributed by atoms with E-state index in [4.69, 9.17) is 4.74 Å². The summed E-state index contributed by atoms with van der Waals surface area (Å²) in [4.78, 5) is 25.1. The SMILES string of the molecule is Cc1ccccc1C(C)OC(=O)Nc1c(C#Cc2sc3cc(C4(C(=O)O)CC4)sc3c2F)cnn1C. The van der Waals surface area contributed by atoms with Crippen LogP contribution in [-0.4, -0.2) is 26.9 Å². The highest BCUT2D eigenvalue weighted by Crippen LogP contribution is 2.53. The summed E-state index contributed by atoms with van der Waals surface area (Å²) in [6, 6.07) is 9.43. The molecule has 3 aromatic heterocycles. The van der Waals surface area contributed by atoms with E-state index in [0.717, 1.165) is 11.1 Å². The lowest BCUT2D eigenvalue weighted by Gasteiger charge is -2.16. The van der Waals surface area contributed by atoms with Crippen molar-refractivity contribution in [2.75, 3.05) is 5.32 Å². The Morgan fingerprint density at radius 3 is 2.69 bits per heavy atom. The van der Waals surface area contributed by atoms with E-state index >= 15 is 4.39 Å². The number of anilines is 1. The van der Waals surface area contributed by atoms with Gasteiger partial charge in [-0.25, -0.2) is 9.18 Å². The third kappa shape index (κ3) is 4.25. The molecule has 36 heavy (non-hydrogen) atoms. The van der Waals surface area contributed by atoms with Crippen LogP contribution in [-0.2, 0) is 22.0 Å². The summed E-state index contributed by atoms with van der Waals surface area (Å²) < 4.78 is 23.2. The summed E-state index contributed by atoms with van der Waals surface area (Å²) in [5, 5.41) is 16.3. The first-order chi connectivity index (χ1) is 17.2. The molecule has 2 N–H and O–H groups in total. The Morgan fingerprint density at radius 2 is 2.03 bits per heavy atom. The fourth-order valence-corrected chi connectivity index (χ4v) is 6.56. The molecule has 0 saturated heterocycles. The smallest absolute Gasteiger partial charge is 0.413 e. The van der Waals surface area contributed by atoms with E-state index in [0.29, 0.717) is 38.5 Å². The Balaban J connectivity index is 1.34. The fraction of sp³-hybridized carbons (Fsp3) is 0.269. The molecule has 184 valence electrons. The zero-order valence-electron chi connectivity index (χ0n) is 19.7. The molecule has 5 rings (SSSR count).